The van der Waals surface area contributed by atoms with Gasteiger partial charge in [0.05, 0.1) is 0 Å². The molecule has 3 aliphatic rings. The molecule has 1 saturated carbocycles. The van der Waals surface area contributed by atoms with Crippen LogP contribution in [0.15, 0.2) is 18.2 Å². The fraction of sp³-hybridized carbons (Fsp3) is 0.550. The van der Waals surface area contributed by atoms with E-state index in [1.54, 1.807) is 4.90 Å². The maximum atomic E-state index is 13.0. The van der Waals surface area contributed by atoms with E-state index >= 15 is 0 Å². The van der Waals surface area contributed by atoms with Crippen molar-refractivity contribution in [1.29, 1.82) is 0 Å². The van der Waals surface area contributed by atoms with Crippen LogP contribution < -0.4 is 16.4 Å². The third-order valence-electron chi connectivity index (χ3n) is 6.03. The first-order valence-electron chi connectivity index (χ1n) is 9.72. The number of benzene rings is 1. The zero-order valence-electron chi connectivity index (χ0n) is 15.4. The Labute approximate surface area is 158 Å². The summed E-state index contributed by atoms with van der Waals surface area (Å²) in [6, 6.07) is 5.26. The SMILES string of the molecule is NC1(CNCc2cccc3c2C(=O)N(C2CCC(=O)NC2=O)C3)CCCC1. The Morgan fingerprint density at radius 3 is 2.74 bits per heavy atom. The van der Waals surface area contributed by atoms with Crippen LogP contribution in [0, 0.1) is 0 Å². The van der Waals surface area contributed by atoms with Crippen LogP contribution >= 0.6 is 0 Å². The lowest BCUT2D eigenvalue weighted by atomic mass is 9.98. The molecule has 2 heterocycles. The smallest absolute Gasteiger partial charge is 0.255 e. The Bertz CT molecular complexity index is 785. The average Bonchev–Trinajstić information content (AvgIpc) is 3.20. The highest BCUT2D eigenvalue weighted by atomic mass is 16.2. The van der Waals surface area contributed by atoms with Crippen molar-refractivity contribution in [3.63, 3.8) is 0 Å². The monoisotopic (exact) mass is 370 g/mol. The van der Waals surface area contributed by atoms with Crippen LogP contribution in [0.2, 0.25) is 0 Å². The Kier molecular flexibility index (Phi) is 4.74. The first kappa shape index (κ1) is 18.1. The topological polar surface area (TPSA) is 105 Å². The lowest BCUT2D eigenvalue weighted by Crippen LogP contribution is -2.52. The predicted octanol–water partition coefficient (Wildman–Crippen LogP) is 0.809. The molecule has 1 unspecified atom stereocenters. The largest absolute Gasteiger partial charge is 0.324 e. The normalized spacial score (nSPS) is 24.3. The number of nitrogens with one attached hydrogen (secondary N) is 2. The number of fused-ring (bicyclic) bond motifs is 1. The standard InChI is InChI=1S/C20H26N4O3/c21-20(8-1-2-9-20)12-22-10-13-4-3-5-14-11-24(19(27)17(13)14)15-6-7-16(25)23-18(15)26/h3-5,15,22H,1-2,6-12,21H2,(H,23,25,26). The fourth-order valence-corrected chi connectivity index (χ4v) is 4.54. The highest BCUT2D eigenvalue weighted by Crippen LogP contribution is 2.30. The van der Waals surface area contributed by atoms with Crippen LogP contribution in [0.25, 0.3) is 0 Å². The number of hydrogen-bond acceptors (Lipinski definition) is 5. The van der Waals surface area contributed by atoms with Gasteiger partial charge in [0.2, 0.25) is 11.8 Å². The molecular formula is C20H26N4O3. The summed E-state index contributed by atoms with van der Waals surface area (Å²) in [5.74, 6) is -0.772. The zero-order valence-corrected chi connectivity index (χ0v) is 15.4. The molecule has 2 aliphatic heterocycles. The van der Waals surface area contributed by atoms with Gasteiger partial charge in [-0.05, 0) is 30.4 Å². The minimum Gasteiger partial charge on any atom is -0.324 e. The Morgan fingerprint density at radius 2 is 2.00 bits per heavy atom. The highest BCUT2D eigenvalue weighted by Gasteiger charge is 2.40. The van der Waals surface area contributed by atoms with Crippen molar-refractivity contribution in [2.24, 2.45) is 5.73 Å². The lowest BCUT2D eigenvalue weighted by Gasteiger charge is -2.29. The van der Waals surface area contributed by atoms with Gasteiger partial charge in [0.25, 0.3) is 5.91 Å². The maximum Gasteiger partial charge on any atom is 0.255 e. The molecule has 1 saturated heterocycles. The van der Waals surface area contributed by atoms with Crippen LogP contribution in [0.5, 0.6) is 0 Å². The summed E-state index contributed by atoms with van der Waals surface area (Å²) in [5.41, 5.74) is 8.82. The van der Waals surface area contributed by atoms with Crippen molar-refractivity contribution in [1.82, 2.24) is 15.5 Å². The number of nitrogens with zero attached hydrogens (tertiary/aromatic N) is 1. The average molecular weight is 370 g/mol. The molecule has 3 amide bonds. The molecule has 27 heavy (non-hydrogen) atoms. The van der Waals surface area contributed by atoms with Gasteiger partial charge in [-0.15, -0.1) is 0 Å². The number of rotatable bonds is 5. The van der Waals surface area contributed by atoms with Gasteiger partial charge in [-0.3, -0.25) is 19.7 Å². The highest BCUT2D eigenvalue weighted by molar-refractivity contribution is 6.05. The molecular weight excluding hydrogens is 344 g/mol. The zero-order chi connectivity index (χ0) is 19.0. The van der Waals surface area contributed by atoms with Gasteiger partial charge in [0.1, 0.15) is 6.04 Å². The van der Waals surface area contributed by atoms with Gasteiger partial charge in [-0.2, -0.15) is 0 Å². The number of imide groups is 1. The Hall–Kier alpha value is -2.25. The van der Waals surface area contributed by atoms with E-state index in [1.807, 2.05) is 18.2 Å². The summed E-state index contributed by atoms with van der Waals surface area (Å²) < 4.78 is 0. The van der Waals surface area contributed by atoms with Crippen molar-refractivity contribution in [3.8, 4) is 0 Å². The lowest BCUT2D eigenvalue weighted by molar-refractivity contribution is -0.136. The maximum absolute atomic E-state index is 13.0. The van der Waals surface area contributed by atoms with Gasteiger partial charge in [0, 0.05) is 37.2 Å². The molecule has 0 spiro atoms. The van der Waals surface area contributed by atoms with E-state index in [4.69, 9.17) is 5.73 Å². The summed E-state index contributed by atoms with van der Waals surface area (Å²) in [4.78, 5) is 38.2. The van der Waals surface area contributed by atoms with E-state index in [0.717, 1.165) is 30.5 Å². The third kappa shape index (κ3) is 3.49. The number of piperidine rings is 1. The molecule has 7 nitrogen and oxygen atoms in total. The molecule has 4 rings (SSSR count). The van der Waals surface area contributed by atoms with Crippen molar-refractivity contribution in [2.45, 2.75) is 63.2 Å². The minimum absolute atomic E-state index is 0.125. The Morgan fingerprint density at radius 1 is 1.22 bits per heavy atom. The van der Waals surface area contributed by atoms with Gasteiger partial charge >= 0.3 is 0 Å². The molecule has 144 valence electrons. The van der Waals surface area contributed by atoms with Crippen LogP contribution in [-0.2, 0) is 22.7 Å². The summed E-state index contributed by atoms with van der Waals surface area (Å²) in [5, 5.41) is 5.76. The van der Waals surface area contributed by atoms with Gasteiger partial charge in [-0.1, -0.05) is 31.0 Å². The van der Waals surface area contributed by atoms with Gasteiger partial charge < -0.3 is 16.0 Å². The molecule has 1 atom stereocenters. The summed E-state index contributed by atoms with van der Waals surface area (Å²) in [6.45, 7) is 1.73. The minimum atomic E-state index is -0.575. The van der Waals surface area contributed by atoms with Crippen molar-refractivity contribution in [2.75, 3.05) is 6.54 Å². The molecule has 1 aliphatic carbocycles. The number of hydrogen-bond donors (Lipinski definition) is 3. The second kappa shape index (κ2) is 7.05. The van der Waals surface area contributed by atoms with E-state index in [1.165, 1.54) is 12.8 Å². The fourth-order valence-electron chi connectivity index (χ4n) is 4.54. The molecule has 4 N–H and O–H groups in total. The molecule has 1 aromatic rings. The molecule has 0 bridgehead atoms. The molecule has 2 fully saturated rings. The van der Waals surface area contributed by atoms with Crippen LogP contribution in [0.4, 0.5) is 0 Å². The number of nitrogens with two attached hydrogens (primary N) is 1. The third-order valence-corrected chi connectivity index (χ3v) is 6.03. The number of carbonyl (C=O) groups is 3. The van der Waals surface area contributed by atoms with E-state index in [0.29, 0.717) is 25.1 Å². The van der Waals surface area contributed by atoms with Crippen LogP contribution in [0.1, 0.15) is 60.0 Å². The quantitative estimate of drug-likeness (QED) is 0.666. The molecule has 1 aromatic carbocycles. The van der Waals surface area contributed by atoms with E-state index < -0.39 is 6.04 Å². The second-order valence-corrected chi connectivity index (χ2v) is 8.02. The van der Waals surface area contributed by atoms with Crippen LogP contribution in [0.3, 0.4) is 0 Å². The first-order valence-corrected chi connectivity index (χ1v) is 9.72. The molecule has 0 radical (unpaired) electrons. The number of amides is 3. The predicted molar refractivity (Wildman–Crippen MR) is 99.6 cm³/mol. The van der Waals surface area contributed by atoms with Crippen molar-refractivity contribution >= 4 is 17.7 Å². The second-order valence-electron chi connectivity index (χ2n) is 8.02. The van der Waals surface area contributed by atoms with Crippen molar-refractivity contribution < 1.29 is 14.4 Å². The summed E-state index contributed by atoms with van der Waals surface area (Å²) >= 11 is 0. The van der Waals surface area contributed by atoms with Gasteiger partial charge in [-0.25, -0.2) is 0 Å². The molecule has 0 aromatic heterocycles. The number of carbonyl (C=O) groups excluding carboxylic acids is 3. The summed E-state index contributed by atoms with van der Waals surface area (Å²) in [7, 11) is 0. The van der Waals surface area contributed by atoms with E-state index in [9.17, 15) is 14.4 Å². The first-order chi connectivity index (χ1) is 13.0. The molecule has 7 heteroatoms. The van der Waals surface area contributed by atoms with E-state index in [-0.39, 0.29) is 29.7 Å². The van der Waals surface area contributed by atoms with Gasteiger partial charge in [0.15, 0.2) is 0 Å². The summed E-state index contributed by atoms with van der Waals surface area (Å²) in [6.07, 6.45) is 5.08. The van der Waals surface area contributed by atoms with Crippen molar-refractivity contribution in [3.05, 3.63) is 34.9 Å². The van der Waals surface area contributed by atoms with Crippen LogP contribution in [-0.4, -0.2) is 40.7 Å². The van der Waals surface area contributed by atoms with E-state index in [2.05, 4.69) is 10.6 Å². The Balaban J connectivity index is 1.46.